The average Bonchev–Trinajstić information content (AvgIpc) is 2.38. The number of carbonyl (C=O) groups excluding carboxylic acids is 1. The first kappa shape index (κ1) is 16.8. The molecule has 1 rings (SSSR count). The van der Waals surface area contributed by atoms with E-state index in [4.69, 9.17) is 22.1 Å². The molecule has 4 nitrogen and oxygen atoms in total. The molecule has 1 amide bonds. The van der Waals surface area contributed by atoms with Gasteiger partial charge in [-0.05, 0) is 37.5 Å². The molecule has 0 bridgehead atoms. The molecule has 0 fully saturated rings. The number of hydrogen-bond donors (Lipinski definition) is 2. The number of carbonyl (C=O) groups is 1. The second-order valence-corrected chi connectivity index (χ2v) is 5.64. The summed E-state index contributed by atoms with van der Waals surface area (Å²) in [5, 5.41) is 3.30. The smallest absolute Gasteiger partial charge is 0.224 e. The maximum absolute atomic E-state index is 11.8. The molecule has 0 heterocycles. The van der Waals surface area contributed by atoms with Crippen molar-refractivity contribution in [2.75, 3.05) is 17.7 Å². The standard InChI is InChI=1S/C15H23ClN2O2/c1-10(2)11(3)20-8-4-5-15(19)18-14-9-12(16)6-7-13(14)17/h6-7,9-11H,4-5,8,17H2,1-3H3,(H,18,19). The minimum atomic E-state index is -0.0835. The molecule has 0 saturated carbocycles. The van der Waals surface area contributed by atoms with E-state index in [0.717, 1.165) is 0 Å². The van der Waals surface area contributed by atoms with Crippen LogP contribution in [0.5, 0.6) is 0 Å². The van der Waals surface area contributed by atoms with Crippen molar-refractivity contribution in [3.05, 3.63) is 23.2 Å². The van der Waals surface area contributed by atoms with E-state index >= 15 is 0 Å². The van der Waals surface area contributed by atoms with Gasteiger partial charge in [0.25, 0.3) is 0 Å². The third kappa shape index (κ3) is 5.80. The normalized spacial score (nSPS) is 12.4. The summed E-state index contributed by atoms with van der Waals surface area (Å²) in [5.74, 6) is 0.398. The second-order valence-electron chi connectivity index (χ2n) is 5.20. The molecule has 0 saturated heterocycles. The molecule has 1 aromatic carbocycles. The molecule has 0 aliphatic heterocycles. The van der Waals surface area contributed by atoms with Gasteiger partial charge >= 0.3 is 0 Å². The van der Waals surface area contributed by atoms with Gasteiger partial charge in [0.05, 0.1) is 17.5 Å². The largest absolute Gasteiger partial charge is 0.397 e. The average molecular weight is 299 g/mol. The Hall–Kier alpha value is -1.26. The van der Waals surface area contributed by atoms with Crippen molar-refractivity contribution in [1.29, 1.82) is 0 Å². The molecule has 1 aromatic rings. The topological polar surface area (TPSA) is 64.3 Å². The van der Waals surface area contributed by atoms with Gasteiger partial charge in [0.2, 0.25) is 5.91 Å². The lowest BCUT2D eigenvalue weighted by molar-refractivity contribution is -0.116. The van der Waals surface area contributed by atoms with Crippen LogP contribution < -0.4 is 11.1 Å². The summed E-state index contributed by atoms with van der Waals surface area (Å²) in [6.07, 6.45) is 1.29. The molecule has 0 radical (unpaired) electrons. The minimum Gasteiger partial charge on any atom is -0.397 e. The first-order valence-corrected chi connectivity index (χ1v) is 7.24. The highest BCUT2D eigenvalue weighted by Crippen LogP contribution is 2.23. The van der Waals surface area contributed by atoms with Gasteiger partial charge < -0.3 is 15.8 Å². The van der Waals surface area contributed by atoms with Crippen LogP contribution in [0.1, 0.15) is 33.6 Å². The van der Waals surface area contributed by atoms with E-state index in [1.165, 1.54) is 0 Å². The molecule has 0 spiro atoms. The van der Waals surface area contributed by atoms with Crippen LogP contribution in [0.3, 0.4) is 0 Å². The van der Waals surface area contributed by atoms with E-state index in [1.54, 1.807) is 18.2 Å². The van der Waals surface area contributed by atoms with Crippen LogP contribution in [-0.4, -0.2) is 18.6 Å². The Balaban J connectivity index is 2.32. The lowest BCUT2D eigenvalue weighted by atomic mass is 10.1. The van der Waals surface area contributed by atoms with Crippen molar-refractivity contribution in [3.63, 3.8) is 0 Å². The molecular weight excluding hydrogens is 276 g/mol. The fourth-order valence-corrected chi connectivity index (χ4v) is 1.72. The van der Waals surface area contributed by atoms with Crippen LogP contribution >= 0.6 is 11.6 Å². The second kappa shape index (κ2) is 8.12. The van der Waals surface area contributed by atoms with Gasteiger partial charge in [-0.15, -0.1) is 0 Å². The van der Waals surface area contributed by atoms with E-state index in [0.29, 0.717) is 41.8 Å². The SMILES string of the molecule is CC(C)C(C)OCCCC(=O)Nc1cc(Cl)ccc1N. The van der Waals surface area contributed by atoms with Crippen LogP contribution in [0.4, 0.5) is 11.4 Å². The van der Waals surface area contributed by atoms with Crippen LogP contribution in [0.25, 0.3) is 0 Å². The van der Waals surface area contributed by atoms with Crippen LogP contribution in [-0.2, 0) is 9.53 Å². The molecule has 112 valence electrons. The Bertz CT molecular complexity index is 449. The lowest BCUT2D eigenvalue weighted by Crippen LogP contribution is -2.18. The van der Waals surface area contributed by atoms with Gasteiger partial charge in [0.1, 0.15) is 0 Å². The minimum absolute atomic E-state index is 0.0835. The van der Waals surface area contributed by atoms with Crippen molar-refractivity contribution in [2.45, 2.75) is 39.7 Å². The van der Waals surface area contributed by atoms with Crippen LogP contribution in [0.15, 0.2) is 18.2 Å². The number of hydrogen-bond acceptors (Lipinski definition) is 3. The third-order valence-corrected chi connectivity index (χ3v) is 3.39. The molecule has 3 N–H and O–H groups in total. The summed E-state index contributed by atoms with van der Waals surface area (Å²) in [4.78, 5) is 11.8. The number of ether oxygens (including phenoxy) is 1. The highest BCUT2D eigenvalue weighted by Gasteiger charge is 2.09. The number of anilines is 2. The van der Waals surface area contributed by atoms with E-state index in [9.17, 15) is 4.79 Å². The molecule has 1 unspecified atom stereocenters. The molecular formula is C15H23ClN2O2. The molecule has 20 heavy (non-hydrogen) atoms. The van der Waals surface area contributed by atoms with Gasteiger partial charge in [-0.3, -0.25) is 4.79 Å². The maximum atomic E-state index is 11.8. The zero-order valence-electron chi connectivity index (χ0n) is 12.3. The van der Waals surface area contributed by atoms with E-state index in [1.807, 2.05) is 6.92 Å². The maximum Gasteiger partial charge on any atom is 0.224 e. The number of nitrogens with two attached hydrogens (primary N) is 1. The number of rotatable bonds is 7. The van der Waals surface area contributed by atoms with Crippen LogP contribution in [0, 0.1) is 5.92 Å². The van der Waals surface area contributed by atoms with Crippen molar-refractivity contribution in [1.82, 2.24) is 0 Å². The summed E-state index contributed by atoms with van der Waals surface area (Å²) < 4.78 is 5.62. The number of halogens is 1. The summed E-state index contributed by atoms with van der Waals surface area (Å²) in [6, 6.07) is 5.01. The highest BCUT2D eigenvalue weighted by atomic mass is 35.5. The van der Waals surface area contributed by atoms with Crippen molar-refractivity contribution >= 4 is 28.9 Å². The van der Waals surface area contributed by atoms with Crippen molar-refractivity contribution < 1.29 is 9.53 Å². The summed E-state index contributed by atoms with van der Waals surface area (Å²) in [5.41, 5.74) is 6.83. The zero-order chi connectivity index (χ0) is 15.1. The predicted octanol–water partition coefficient (Wildman–Crippen LogP) is 3.70. The summed E-state index contributed by atoms with van der Waals surface area (Å²) in [7, 11) is 0. The molecule has 5 heteroatoms. The first-order chi connectivity index (χ1) is 9.40. The Morgan fingerprint density at radius 2 is 2.10 bits per heavy atom. The molecule has 1 atom stereocenters. The molecule has 0 aliphatic rings. The number of nitrogens with one attached hydrogen (secondary N) is 1. The van der Waals surface area contributed by atoms with E-state index in [-0.39, 0.29) is 12.0 Å². The quantitative estimate of drug-likeness (QED) is 0.596. The van der Waals surface area contributed by atoms with Crippen molar-refractivity contribution in [3.8, 4) is 0 Å². The van der Waals surface area contributed by atoms with Gasteiger partial charge in [0, 0.05) is 18.1 Å². The summed E-state index contributed by atoms with van der Waals surface area (Å²) in [6.45, 7) is 6.84. The highest BCUT2D eigenvalue weighted by molar-refractivity contribution is 6.31. The monoisotopic (exact) mass is 298 g/mol. The van der Waals surface area contributed by atoms with Crippen molar-refractivity contribution in [2.24, 2.45) is 5.92 Å². The van der Waals surface area contributed by atoms with E-state index in [2.05, 4.69) is 19.2 Å². The van der Waals surface area contributed by atoms with E-state index < -0.39 is 0 Å². The van der Waals surface area contributed by atoms with Gasteiger partial charge in [-0.25, -0.2) is 0 Å². The predicted molar refractivity (Wildman–Crippen MR) is 84.0 cm³/mol. The Morgan fingerprint density at radius 1 is 1.40 bits per heavy atom. The molecule has 0 aliphatic carbocycles. The number of benzene rings is 1. The van der Waals surface area contributed by atoms with Gasteiger partial charge in [-0.1, -0.05) is 25.4 Å². The zero-order valence-corrected chi connectivity index (χ0v) is 13.0. The fourth-order valence-electron chi connectivity index (χ4n) is 1.54. The molecule has 0 aromatic heterocycles. The van der Waals surface area contributed by atoms with Gasteiger partial charge in [0.15, 0.2) is 0 Å². The lowest BCUT2D eigenvalue weighted by Gasteiger charge is -2.16. The first-order valence-electron chi connectivity index (χ1n) is 6.86. The van der Waals surface area contributed by atoms with Gasteiger partial charge in [-0.2, -0.15) is 0 Å². The summed E-state index contributed by atoms with van der Waals surface area (Å²) >= 11 is 5.86. The Kier molecular flexibility index (Phi) is 6.82. The van der Waals surface area contributed by atoms with Crippen LogP contribution in [0.2, 0.25) is 5.02 Å². The number of amides is 1. The Morgan fingerprint density at radius 3 is 2.75 bits per heavy atom. The fraction of sp³-hybridized carbons (Fsp3) is 0.533. The number of nitrogen functional groups attached to an aromatic ring is 1. The Labute approximate surface area is 125 Å². The third-order valence-electron chi connectivity index (χ3n) is 3.16.